The quantitative estimate of drug-likeness (QED) is 0.847. The molecule has 1 aromatic carbocycles. The van der Waals surface area contributed by atoms with Gasteiger partial charge in [0.05, 0.1) is 4.90 Å². The van der Waals surface area contributed by atoms with Gasteiger partial charge in [0.1, 0.15) is 5.82 Å². The van der Waals surface area contributed by atoms with Gasteiger partial charge in [-0.15, -0.1) is 0 Å². The second-order valence-electron chi connectivity index (χ2n) is 5.84. The molecule has 118 valence electrons. The maximum Gasteiger partial charge on any atom is 0.240 e. The first-order valence-corrected chi connectivity index (χ1v) is 8.89. The molecule has 0 heterocycles. The Morgan fingerprint density at radius 3 is 2.57 bits per heavy atom. The minimum Gasteiger partial charge on any atom is -0.326 e. The van der Waals surface area contributed by atoms with Crippen molar-refractivity contribution < 1.29 is 12.8 Å². The van der Waals surface area contributed by atoms with E-state index < -0.39 is 15.8 Å². The Hall–Kier alpha value is -0.980. The largest absolute Gasteiger partial charge is 0.326 e. The van der Waals surface area contributed by atoms with Gasteiger partial charge in [0.15, 0.2) is 0 Å². The Bertz CT molecular complexity index is 596. The molecule has 1 saturated carbocycles. The number of rotatable bonds is 6. The summed E-state index contributed by atoms with van der Waals surface area (Å²) in [5.41, 5.74) is 5.71. The molecule has 0 radical (unpaired) electrons. The van der Waals surface area contributed by atoms with E-state index in [0.717, 1.165) is 38.2 Å². The smallest absolute Gasteiger partial charge is 0.240 e. The molecule has 6 heteroatoms. The highest BCUT2D eigenvalue weighted by Crippen LogP contribution is 2.40. The lowest BCUT2D eigenvalue weighted by Crippen LogP contribution is -2.35. The molecule has 1 fully saturated rings. The van der Waals surface area contributed by atoms with E-state index in [-0.39, 0.29) is 22.4 Å². The van der Waals surface area contributed by atoms with E-state index in [4.69, 9.17) is 5.73 Å². The Morgan fingerprint density at radius 2 is 2.00 bits per heavy atom. The summed E-state index contributed by atoms with van der Waals surface area (Å²) >= 11 is 0. The van der Waals surface area contributed by atoms with Crippen LogP contribution in [-0.4, -0.2) is 15.0 Å². The molecule has 1 aromatic rings. The third kappa shape index (κ3) is 3.62. The molecule has 2 rings (SSSR count). The second-order valence-corrected chi connectivity index (χ2v) is 7.61. The third-order valence-electron chi connectivity index (χ3n) is 4.60. The van der Waals surface area contributed by atoms with Gasteiger partial charge >= 0.3 is 0 Å². The monoisotopic (exact) mass is 314 g/mol. The zero-order valence-corrected chi connectivity index (χ0v) is 13.2. The number of hydrogen-bond donors (Lipinski definition) is 2. The van der Waals surface area contributed by atoms with E-state index in [2.05, 4.69) is 11.6 Å². The van der Waals surface area contributed by atoms with Crippen LogP contribution in [0.1, 0.15) is 44.6 Å². The molecule has 3 N–H and O–H groups in total. The van der Waals surface area contributed by atoms with Crippen LogP contribution in [0.25, 0.3) is 0 Å². The predicted molar refractivity (Wildman–Crippen MR) is 80.7 cm³/mol. The highest BCUT2D eigenvalue weighted by Gasteiger charge is 2.33. The van der Waals surface area contributed by atoms with Gasteiger partial charge in [-0.3, -0.25) is 0 Å². The third-order valence-corrected chi connectivity index (χ3v) is 6.00. The lowest BCUT2D eigenvalue weighted by Gasteiger charge is -2.27. The summed E-state index contributed by atoms with van der Waals surface area (Å²) in [6.07, 6.45) is 5.40. The summed E-state index contributed by atoms with van der Waals surface area (Å²) in [4.78, 5) is 0.0774. The fourth-order valence-electron chi connectivity index (χ4n) is 2.99. The fourth-order valence-corrected chi connectivity index (χ4v) is 4.19. The zero-order valence-electron chi connectivity index (χ0n) is 12.4. The van der Waals surface area contributed by atoms with Crippen molar-refractivity contribution in [3.63, 3.8) is 0 Å². The molecule has 0 unspecified atom stereocenters. The van der Waals surface area contributed by atoms with Crippen molar-refractivity contribution in [2.45, 2.75) is 50.5 Å². The van der Waals surface area contributed by atoms with Crippen molar-refractivity contribution in [2.75, 3.05) is 6.54 Å². The van der Waals surface area contributed by atoms with E-state index in [0.29, 0.717) is 6.54 Å². The average Bonchev–Trinajstić information content (AvgIpc) is 2.95. The molecule has 21 heavy (non-hydrogen) atoms. The van der Waals surface area contributed by atoms with Gasteiger partial charge in [0, 0.05) is 18.7 Å². The topological polar surface area (TPSA) is 72.2 Å². The molecule has 0 aromatic heterocycles. The Labute approximate surface area is 126 Å². The molecule has 4 nitrogen and oxygen atoms in total. The van der Waals surface area contributed by atoms with E-state index in [1.807, 2.05) is 0 Å². The van der Waals surface area contributed by atoms with Crippen LogP contribution in [0, 0.1) is 11.2 Å². The predicted octanol–water partition coefficient (Wildman–Crippen LogP) is 2.53. The van der Waals surface area contributed by atoms with Crippen LogP contribution in [0.5, 0.6) is 0 Å². The van der Waals surface area contributed by atoms with Gasteiger partial charge in [-0.2, -0.15) is 0 Å². The van der Waals surface area contributed by atoms with Gasteiger partial charge in [0.2, 0.25) is 10.0 Å². The van der Waals surface area contributed by atoms with Crippen LogP contribution in [0.3, 0.4) is 0 Å². The van der Waals surface area contributed by atoms with Gasteiger partial charge < -0.3 is 5.73 Å². The highest BCUT2D eigenvalue weighted by molar-refractivity contribution is 7.89. The molecule has 1 aliphatic rings. The molecule has 0 amide bonds. The molecular weight excluding hydrogens is 291 g/mol. The van der Waals surface area contributed by atoms with Crippen molar-refractivity contribution >= 4 is 10.0 Å². The highest BCUT2D eigenvalue weighted by atomic mass is 32.2. The number of nitrogens with one attached hydrogen (secondary N) is 1. The van der Waals surface area contributed by atoms with Crippen LogP contribution < -0.4 is 10.5 Å². The minimum absolute atomic E-state index is 0.0198. The van der Waals surface area contributed by atoms with E-state index in [1.54, 1.807) is 0 Å². The van der Waals surface area contributed by atoms with Gasteiger partial charge in [-0.25, -0.2) is 17.5 Å². The lowest BCUT2D eigenvalue weighted by atomic mass is 9.84. The summed E-state index contributed by atoms with van der Waals surface area (Å²) in [6.45, 7) is 2.53. The van der Waals surface area contributed by atoms with Crippen LogP contribution in [0.2, 0.25) is 0 Å². The van der Waals surface area contributed by atoms with E-state index in [1.165, 1.54) is 12.1 Å². The van der Waals surface area contributed by atoms with Crippen molar-refractivity contribution in [1.82, 2.24) is 4.72 Å². The lowest BCUT2D eigenvalue weighted by molar-refractivity contribution is 0.285. The van der Waals surface area contributed by atoms with Gasteiger partial charge in [0.25, 0.3) is 0 Å². The van der Waals surface area contributed by atoms with Crippen LogP contribution in [-0.2, 0) is 16.6 Å². The normalized spacial score (nSPS) is 18.0. The zero-order chi connectivity index (χ0) is 15.5. The maximum atomic E-state index is 13.4. The molecule has 0 aliphatic heterocycles. The van der Waals surface area contributed by atoms with Crippen LogP contribution in [0.15, 0.2) is 23.1 Å². The molecule has 0 bridgehead atoms. The van der Waals surface area contributed by atoms with E-state index >= 15 is 0 Å². The molecule has 0 spiro atoms. The summed E-state index contributed by atoms with van der Waals surface area (Å²) < 4.78 is 40.8. The second kappa shape index (κ2) is 6.42. The first-order valence-electron chi connectivity index (χ1n) is 7.41. The van der Waals surface area contributed by atoms with Crippen molar-refractivity contribution in [3.8, 4) is 0 Å². The molecular formula is C15H23FN2O2S. The fraction of sp³-hybridized carbons (Fsp3) is 0.600. The maximum absolute atomic E-state index is 13.4. The first-order chi connectivity index (χ1) is 9.92. The Kier molecular flexibility index (Phi) is 5.01. The van der Waals surface area contributed by atoms with Gasteiger partial charge in [-0.05, 0) is 42.9 Å². The van der Waals surface area contributed by atoms with Crippen molar-refractivity contribution in [3.05, 3.63) is 29.6 Å². The van der Waals surface area contributed by atoms with Crippen LogP contribution in [0.4, 0.5) is 4.39 Å². The van der Waals surface area contributed by atoms with Crippen molar-refractivity contribution in [1.29, 1.82) is 0 Å². The molecule has 0 atom stereocenters. The number of sulfonamides is 1. The molecule has 0 saturated heterocycles. The number of hydrogen-bond acceptors (Lipinski definition) is 3. The standard InChI is InChI=1S/C15H23FN2O2S/c1-2-15(7-3-4-8-15)11-18-21(19,20)13-5-6-14(16)12(9-13)10-17/h5-6,9,18H,2-4,7-8,10-11,17H2,1H3. The summed E-state index contributed by atoms with van der Waals surface area (Å²) in [6, 6.07) is 3.75. The SMILES string of the molecule is CCC1(CNS(=O)(=O)c2ccc(F)c(CN)c2)CCCC1. The van der Waals surface area contributed by atoms with Crippen molar-refractivity contribution in [2.24, 2.45) is 11.1 Å². The number of nitrogens with two attached hydrogens (primary N) is 1. The number of benzene rings is 1. The Morgan fingerprint density at radius 1 is 1.33 bits per heavy atom. The average molecular weight is 314 g/mol. The first kappa shape index (κ1) is 16.4. The molecule has 1 aliphatic carbocycles. The number of halogens is 1. The Balaban J connectivity index is 2.15. The summed E-state index contributed by atoms with van der Waals surface area (Å²) in [5, 5.41) is 0. The van der Waals surface area contributed by atoms with E-state index in [9.17, 15) is 12.8 Å². The van der Waals surface area contributed by atoms with Gasteiger partial charge in [-0.1, -0.05) is 19.8 Å². The summed E-state index contributed by atoms with van der Waals surface area (Å²) in [5.74, 6) is -0.475. The minimum atomic E-state index is -3.62. The van der Waals surface area contributed by atoms with Crippen LogP contribution >= 0.6 is 0 Å². The summed E-state index contributed by atoms with van der Waals surface area (Å²) in [7, 11) is -3.62.